The highest BCUT2D eigenvalue weighted by Gasteiger charge is 2.40. The van der Waals surface area contributed by atoms with Crippen LogP contribution in [0.2, 0.25) is 5.02 Å². The van der Waals surface area contributed by atoms with Crippen LogP contribution in [0.5, 0.6) is 0 Å². The maximum absolute atomic E-state index is 14.7. The summed E-state index contributed by atoms with van der Waals surface area (Å²) in [6, 6.07) is 15.0. The minimum absolute atomic E-state index is 0.000864. The minimum atomic E-state index is -0.691. The Hall–Kier alpha value is -2.76. The largest absolute Gasteiger partial charge is 0.374 e. The van der Waals surface area contributed by atoms with Gasteiger partial charge in [0.05, 0.1) is 10.6 Å². The van der Waals surface area contributed by atoms with Crippen molar-refractivity contribution in [3.63, 3.8) is 0 Å². The van der Waals surface area contributed by atoms with E-state index in [1.807, 2.05) is 30.3 Å². The molecule has 0 amide bonds. The van der Waals surface area contributed by atoms with Crippen molar-refractivity contribution in [2.24, 2.45) is 5.73 Å². The molecule has 3 aromatic carbocycles. The van der Waals surface area contributed by atoms with E-state index in [1.165, 1.54) is 24.3 Å². The van der Waals surface area contributed by atoms with E-state index in [0.717, 1.165) is 5.56 Å². The lowest BCUT2D eigenvalue weighted by Gasteiger charge is -2.29. The van der Waals surface area contributed by atoms with E-state index in [0.29, 0.717) is 24.0 Å². The molecule has 1 aliphatic heterocycles. The minimum Gasteiger partial charge on any atom is -0.374 e. The fraction of sp³-hybridized carbons (Fsp3) is 0.136. The van der Waals surface area contributed by atoms with Gasteiger partial charge in [0.2, 0.25) is 0 Å². The molecule has 28 heavy (non-hydrogen) atoms. The summed E-state index contributed by atoms with van der Waals surface area (Å²) in [6.07, 6.45) is 0.923. The first kappa shape index (κ1) is 18.6. The molecule has 0 radical (unpaired) electrons. The van der Waals surface area contributed by atoms with Crippen LogP contribution < -0.4 is 11.1 Å². The molecule has 0 spiro atoms. The van der Waals surface area contributed by atoms with Crippen molar-refractivity contribution in [1.82, 2.24) is 0 Å². The van der Waals surface area contributed by atoms with Crippen molar-refractivity contribution in [3.05, 3.63) is 87.9 Å². The van der Waals surface area contributed by atoms with Gasteiger partial charge in [-0.25, -0.2) is 8.78 Å². The second-order valence-corrected chi connectivity index (χ2v) is 7.23. The maximum atomic E-state index is 14.7. The number of carbonyl (C=O) groups excluding carboxylic acids is 1. The Balaban J connectivity index is 1.97. The number of carbonyl (C=O) groups is 1. The SMILES string of the molecule is NC[C@@]1(c2ccccc2)Cc2c(cc(F)c(Cl)c2-c2c(F)cccc2C=O)N1. The first-order valence-electron chi connectivity index (χ1n) is 8.79. The number of fused-ring (bicyclic) bond motifs is 1. The van der Waals surface area contributed by atoms with Crippen LogP contribution in [0.1, 0.15) is 21.5 Å². The van der Waals surface area contributed by atoms with E-state index in [-0.39, 0.29) is 28.3 Å². The summed E-state index contributed by atoms with van der Waals surface area (Å²) < 4.78 is 29.3. The Kier molecular flexibility index (Phi) is 4.65. The topological polar surface area (TPSA) is 55.1 Å². The predicted molar refractivity (Wildman–Crippen MR) is 107 cm³/mol. The maximum Gasteiger partial charge on any atom is 0.150 e. The summed E-state index contributed by atoms with van der Waals surface area (Å²) in [6.45, 7) is 0.238. The van der Waals surface area contributed by atoms with Crippen LogP contribution in [0.15, 0.2) is 54.6 Å². The molecule has 0 aromatic heterocycles. The van der Waals surface area contributed by atoms with Gasteiger partial charge in [0.25, 0.3) is 0 Å². The molecule has 3 nitrogen and oxygen atoms in total. The molecule has 0 saturated carbocycles. The molecule has 1 aliphatic rings. The summed E-state index contributed by atoms with van der Waals surface area (Å²) in [5.74, 6) is -1.33. The molecule has 6 heteroatoms. The second-order valence-electron chi connectivity index (χ2n) is 6.85. The van der Waals surface area contributed by atoms with Crippen molar-refractivity contribution in [2.75, 3.05) is 11.9 Å². The van der Waals surface area contributed by atoms with Gasteiger partial charge < -0.3 is 11.1 Å². The molecular formula is C22H17ClF2N2O. The van der Waals surface area contributed by atoms with Gasteiger partial charge in [-0.15, -0.1) is 0 Å². The predicted octanol–water partition coefficient (Wildman–Crippen LogP) is 4.92. The Bertz CT molecular complexity index is 1070. The van der Waals surface area contributed by atoms with Crippen LogP contribution in [0.4, 0.5) is 14.5 Å². The molecule has 3 aromatic rings. The second kappa shape index (κ2) is 7.00. The molecule has 1 heterocycles. The van der Waals surface area contributed by atoms with Crippen LogP contribution in [-0.2, 0) is 12.0 Å². The summed E-state index contributed by atoms with van der Waals surface area (Å²) in [5.41, 5.74) is 7.79. The third kappa shape index (κ3) is 2.79. The van der Waals surface area contributed by atoms with Gasteiger partial charge in [-0.05, 0) is 23.3 Å². The van der Waals surface area contributed by atoms with Crippen molar-refractivity contribution < 1.29 is 13.6 Å². The number of anilines is 1. The monoisotopic (exact) mass is 398 g/mol. The number of halogens is 3. The van der Waals surface area contributed by atoms with Crippen LogP contribution in [0.3, 0.4) is 0 Å². The van der Waals surface area contributed by atoms with Crippen LogP contribution in [0, 0.1) is 11.6 Å². The van der Waals surface area contributed by atoms with E-state index in [1.54, 1.807) is 0 Å². The summed E-state index contributed by atoms with van der Waals surface area (Å²) in [5, 5.41) is 3.10. The molecule has 0 fully saturated rings. The van der Waals surface area contributed by atoms with Gasteiger partial charge in [0, 0.05) is 35.3 Å². The lowest BCUT2D eigenvalue weighted by molar-refractivity contribution is 0.112. The molecule has 0 saturated heterocycles. The average molecular weight is 399 g/mol. The number of hydrogen-bond donors (Lipinski definition) is 2. The fourth-order valence-electron chi connectivity index (χ4n) is 3.90. The van der Waals surface area contributed by atoms with Crippen molar-refractivity contribution in [1.29, 1.82) is 0 Å². The van der Waals surface area contributed by atoms with Crippen LogP contribution in [-0.4, -0.2) is 12.8 Å². The molecule has 3 N–H and O–H groups in total. The highest BCUT2D eigenvalue weighted by atomic mass is 35.5. The molecule has 142 valence electrons. The van der Waals surface area contributed by atoms with Crippen LogP contribution >= 0.6 is 11.6 Å². The third-order valence-corrected chi connectivity index (χ3v) is 5.65. The molecule has 4 rings (SSSR count). The van der Waals surface area contributed by atoms with E-state index >= 15 is 0 Å². The highest BCUT2D eigenvalue weighted by Crippen LogP contribution is 2.48. The van der Waals surface area contributed by atoms with E-state index < -0.39 is 17.2 Å². The standard InChI is InChI=1S/C22H17ClF2N2O/c23-21-17(25)9-18-15(20(21)19-13(11-28)5-4-8-16(19)24)10-22(12-26,27-18)14-6-2-1-3-7-14/h1-9,11,27H,10,12,26H2/t22-/m1/s1. The molecule has 0 aliphatic carbocycles. The summed E-state index contributed by atoms with van der Waals surface area (Å²) >= 11 is 6.28. The molecule has 0 unspecified atom stereocenters. The number of benzene rings is 3. The number of nitrogens with two attached hydrogens (primary N) is 1. The summed E-state index contributed by atoms with van der Waals surface area (Å²) in [7, 11) is 0. The van der Waals surface area contributed by atoms with Gasteiger partial charge in [0.15, 0.2) is 6.29 Å². The number of rotatable bonds is 4. The van der Waals surface area contributed by atoms with Gasteiger partial charge >= 0.3 is 0 Å². The van der Waals surface area contributed by atoms with Gasteiger partial charge in [0.1, 0.15) is 11.6 Å². The Morgan fingerprint density at radius 2 is 1.82 bits per heavy atom. The first-order chi connectivity index (χ1) is 13.5. The number of aldehydes is 1. The molecule has 0 bridgehead atoms. The highest BCUT2D eigenvalue weighted by molar-refractivity contribution is 6.34. The number of nitrogens with one attached hydrogen (secondary N) is 1. The Morgan fingerprint density at radius 1 is 1.07 bits per heavy atom. The fourth-order valence-corrected chi connectivity index (χ4v) is 4.16. The quantitative estimate of drug-likeness (QED) is 0.613. The lowest BCUT2D eigenvalue weighted by atomic mass is 9.84. The Morgan fingerprint density at radius 3 is 2.50 bits per heavy atom. The van der Waals surface area contributed by atoms with Gasteiger partial charge in [-0.2, -0.15) is 0 Å². The van der Waals surface area contributed by atoms with Crippen LogP contribution in [0.25, 0.3) is 11.1 Å². The summed E-state index contributed by atoms with van der Waals surface area (Å²) in [4.78, 5) is 11.5. The zero-order valence-corrected chi connectivity index (χ0v) is 15.6. The van der Waals surface area contributed by atoms with E-state index in [2.05, 4.69) is 5.32 Å². The molecule has 1 atom stereocenters. The zero-order chi connectivity index (χ0) is 19.9. The first-order valence-corrected chi connectivity index (χ1v) is 9.17. The third-order valence-electron chi connectivity index (χ3n) is 5.28. The van der Waals surface area contributed by atoms with E-state index in [9.17, 15) is 13.6 Å². The van der Waals surface area contributed by atoms with E-state index in [4.69, 9.17) is 17.3 Å². The average Bonchev–Trinajstić information content (AvgIpc) is 3.09. The zero-order valence-electron chi connectivity index (χ0n) is 14.8. The molecular weight excluding hydrogens is 382 g/mol. The smallest absolute Gasteiger partial charge is 0.150 e. The van der Waals surface area contributed by atoms with Crippen molar-refractivity contribution >= 4 is 23.6 Å². The number of hydrogen-bond acceptors (Lipinski definition) is 3. The van der Waals surface area contributed by atoms with Gasteiger partial charge in [-0.1, -0.05) is 54.1 Å². The van der Waals surface area contributed by atoms with Gasteiger partial charge in [-0.3, -0.25) is 4.79 Å². The lowest BCUT2D eigenvalue weighted by Crippen LogP contribution is -2.41. The normalized spacial score (nSPS) is 17.9. The Labute approximate surface area is 166 Å². The van der Waals surface area contributed by atoms with Crippen molar-refractivity contribution in [3.8, 4) is 11.1 Å². The van der Waals surface area contributed by atoms with Crippen molar-refractivity contribution in [2.45, 2.75) is 12.0 Å².